The topological polar surface area (TPSA) is 95.9 Å². The van der Waals surface area contributed by atoms with E-state index < -0.39 is 30.6 Å². The number of nitrogens with one attached hydrogen (secondary N) is 1. The maximum Gasteiger partial charge on any atom is 0.407 e. The lowest BCUT2D eigenvalue weighted by atomic mass is 9.98. The van der Waals surface area contributed by atoms with Crippen LogP contribution in [0.1, 0.15) is 49.7 Å². The molecule has 0 saturated carbocycles. The van der Waals surface area contributed by atoms with E-state index in [-0.39, 0.29) is 25.5 Å². The van der Waals surface area contributed by atoms with E-state index in [9.17, 15) is 14.4 Å². The molecule has 2 aromatic rings. The summed E-state index contributed by atoms with van der Waals surface area (Å²) in [7, 11) is 0. The van der Waals surface area contributed by atoms with Crippen LogP contribution in [0, 0.1) is 12.3 Å². The number of alkyl carbamates (subject to hydrolysis) is 1. The van der Waals surface area contributed by atoms with Crippen molar-refractivity contribution in [3.05, 3.63) is 59.7 Å². The fourth-order valence-electron chi connectivity index (χ4n) is 4.33. The van der Waals surface area contributed by atoms with E-state index in [1.165, 1.54) is 0 Å². The molecule has 1 atom stereocenters. The van der Waals surface area contributed by atoms with Gasteiger partial charge in [-0.25, -0.2) is 4.79 Å². The molecular formula is C27H30N2O5. The van der Waals surface area contributed by atoms with Gasteiger partial charge in [-0.3, -0.25) is 9.59 Å². The minimum atomic E-state index is -1.14. The van der Waals surface area contributed by atoms with Gasteiger partial charge in [-0.2, -0.15) is 0 Å². The van der Waals surface area contributed by atoms with E-state index in [0.29, 0.717) is 6.42 Å². The molecule has 1 aliphatic rings. The number of rotatable bonds is 11. The molecule has 2 N–H and O–H groups in total. The van der Waals surface area contributed by atoms with Crippen molar-refractivity contribution in [2.45, 2.75) is 44.6 Å². The van der Waals surface area contributed by atoms with Crippen molar-refractivity contribution >= 4 is 18.0 Å². The first kappa shape index (κ1) is 24.8. The monoisotopic (exact) mass is 462 g/mol. The molecule has 0 bridgehead atoms. The number of fused-ring (bicyclic) bond motifs is 3. The Balaban J connectivity index is 1.63. The average molecular weight is 463 g/mol. The summed E-state index contributed by atoms with van der Waals surface area (Å²) in [6.07, 6.45) is 6.90. The van der Waals surface area contributed by atoms with E-state index in [2.05, 4.69) is 23.4 Å². The number of ether oxygens (including phenoxy) is 1. The smallest absolute Gasteiger partial charge is 0.407 e. The third kappa shape index (κ3) is 6.16. The number of terminal acetylenes is 1. The number of benzene rings is 2. The Morgan fingerprint density at radius 2 is 1.74 bits per heavy atom. The van der Waals surface area contributed by atoms with Crippen LogP contribution in [0.5, 0.6) is 0 Å². The van der Waals surface area contributed by atoms with Gasteiger partial charge in [-0.05, 0) is 28.7 Å². The summed E-state index contributed by atoms with van der Waals surface area (Å²) >= 11 is 0. The van der Waals surface area contributed by atoms with Gasteiger partial charge in [0.2, 0.25) is 5.91 Å². The van der Waals surface area contributed by atoms with Crippen molar-refractivity contribution in [3.63, 3.8) is 0 Å². The van der Waals surface area contributed by atoms with Crippen LogP contribution in [0.4, 0.5) is 4.79 Å². The van der Waals surface area contributed by atoms with Crippen molar-refractivity contribution in [1.82, 2.24) is 10.2 Å². The number of unbranched alkanes of at least 4 members (excludes halogenated alkanes) is 1. The number of carboxylic acid groups (broad SMARTS) is 1. The Kier molecular flexibility index (Phi) is 8.69. The van der Waals surface area contributed by atoms with Crippen LogP contribution in [0.25, 0.3) is 11.1 Å². The molecule has 2 amide bonds. The van der Waals surface area contributed by atoms with Crippen LogP contribution in [0.3, 0.4) is 0 Å². The molecule has 178 valence electrons. The maximum absolute atomic E-state index is 12.7. The van der Waals surface area contributed by atoms with Crippen molar-refractivity contribution in [1.29, 1.82) is 0 Å². The first-order valence-corrected chi connectivity index (χ1v) is 11.5. The van der Waals surface area contributed by atoms with Crippen LogP contribution < -0.4 is 5.32 Å². The molecule has 0 radical (unpaired) electrons. The molecule has 3 rings (SSSR count). The molecule has 0 unspecified atom stereocenters. The Bertz CT molecular complexity index is 1030. The quantitative estimate of drug-likeness (QED) is 0.492. The van der Waals surface area contributed by atoms with Crippen LogP contribution in [0.15, 0.2) is 48.5 Å². The third-order valence-electron chi connectivity index (χ3n) is 5.95. The predicted molar refractivity (Wildman–Crippen MR) is 129 cm³/mol. The summed E-state index contributed by atoms with van der Waals surface area (Å²) < 4.78 is 5.60. The number of carbonyl (C=O) groups excluding carboxylic acids is 2. The Hall–Kier alpha value is -3.79. The van der Waals surface area contributed by atoms with E-state index >= 15 is 0 Å². The van der Waals surface area contributed by atoms with Gasteiger partial charge in [-0.15, -0.1) is 6.42 Å². The van der Waals surface area contributed by atoms with Crippen LogP contribution in [-0.4, -0.2) is 53.7 Å². The normalized spacial score (nSPS) is 12.7. The summed E-state index contributed by atoms with van der Waals surface area (Å²) in [4.78, 5) is 37.5. The summed E-state index contributed by atoms with van der Waals surface area (Å²) in [5, 5.41) is 11.8. The first-order valence-electron chi connectivity index (χ1n) is 11.5. The molecule has 2 aromatic carbocycles. The molecule has 34 heavy (non-hydrogen) atoms. The standard InChI is InChI=1S/C27H30N2O5/c1-3-5-10-19(16-25(30)29(15-4-2)17-26(31)32)28-27(33)34-18-24-22-13-8-6-11-20(22)21-12-7-9-14-23(21)24/h2,6-9,11-14,19,24H,3,5,10,15-18H2,1H3,(H,28,33)(H,31,32)/t19-/m1/s1. The van der Waals surface area contributed by atoms with E-state index in [1.54, 1.807) is 0 Å². The number of hydrogen-bond acceptors (Lipinski definition) is 4. The number of amides is 2. The number of aliphatic carboxylic acids is 1. The largest absolute Gasteiger partial charge is 0.480 e. The average Bonchev–Trinajstić information content (AvgIpc) is 3.14. The fourth-order valence-corrected chi connectivity index (χ4v) is 4.33. The SMILES string of the molecule is C#CCN(CC(=O)O)C(=O)C[C@@H](CCCC)NC(=O)OCC1c2ccccc2-c2ccccc21. The van der Waals surface area contributed by atoms with Gasteiger partial charge in [0.15, 0.2) is 0 Å². The lowest BCUT2D eigenvalue weighted by Gasteiger charge is -2.23. The summed E-state index contributed by atoms with van der Waals surface area (Å²) in [6.45, 7) is 1.61. The molecule has 7 heteroatoms. The van der Waals surface area contributed by atoms with Crippen LogP contribution in [-0.2, 0) is 14.3 Å². The second kappa shape index (κ2) is 11.9. The van der Waals surface area contributed by atoms with Crippen LogP contribution in [0.2, 0.25) is 0 Å². The van der Waals surface area contributed by atoms with Crippen molar-refractivity contribution in [3.8, 4) is 23.5 Å². The minimum Gasteiger partial charge on any atom is -0.480 e. The van der Waals surface area contributed by atoms with Gasteiger partial charge in [0, 0.05) is 18.4 Å². The predicted octanol–water partition coefficient (Wildman–Crippen LogP) is 4.02. The molecule has 0 aliphatic heterocycles. The number of hydrogen-bond donors (Lipinski definition) is 2. The highest BCUT2D eigenvalue weighted by Crippen LogP contribution is 2.44. The molecular weight excluding hydrogens is 432 g/mol. The zero-order valence-electron chi connectivity index (χ0n) is 19.3. The first-order chi connectivity index (χ1) is 16.4. The summed E-state index contributed by atoms with van der Waals surface area (Å²) in [6, 6.07) is 15.7. The molecule has 7 nitrogen and oxygen atoms in total. The van der Waals surface area contributed by atoms with Gasteiger partial charge >= 0.3 is 12.1 Å². The molecule has 0 aromatic heterocycles. The minimum absolute atomic E-state index is 0.0425. The van der Waals surface area contributed by atoms with Gasteiger partial charge in [0.1, 0.15) is 13.2 Å². The van der Waals surface area contributed by atoms with Crippen molar-refractivity contribution < 1.29 is 24.2 Å². The molecule has 0 spiro atoms. The second-order valence-electron chi connectivity index (χ2n) is 8.36. The fraction of sp³-hybridized carbons (Fsp3) is 0.370. The third-order valence-corrected chi connectivity index (χ3v) is 5.95. The van der Waals surface area contributed by atoms with E-state index in [4.69, 9.17) is 16.3 Å². The highest BCUT2D eigenvalue weighted by atomic mass is 16.5. The number of nitrogens with zero attached hydrogens (tertiary/aromatic N) is 1. The van der Waals surface area contributed by atoms with Crippen molar-refractivity contribution in [2.75, 3.05) is 19.7 Å². The molecule has 0 saturated heterocycles. The highest BCUT2D eigenvalue weighted by molar-refractivity contribution is 5.82. The molecule has 0 fully saturated rings. The number of carboxylic acids is 1. The van der Waals surface area contributed by atoms with E-state index in [0.717, 1.165) is 40.0 Å². The van der Waals surface area contributed by atoms with Crippen LogP contribution >= 0.6 is 0 Å². The summed E-state index contributed by atoms with van der Waals surface area (Å²) in [5.74, 6) is 0.692. The number of carbonyl (C=O) groups is 3. The van der Waals surface area contributed by atoms with Crippen molar-refractivity contribution in [2.24, 2.45) is 0 Å². The van der Waals surface area contributed by atoms with Gasteiger partial charge in [0.05, 0.1) is 6.54 Å². The van der Waals surface area contributed by atoms with Gasteiger partial charge < -0.3 is 20.1 Å². The Morgan fingerprint density at radius 3 is 2.29 bits per heavy atom. The maximum atomic E-state index is 12.7. The second-order valence-corrected chi connectivity index (χ2v) is 8.36. The summed E-state index contributed by atoms with van der Waals surface area (Å²) in [5.41, 5.74) is 4.52. The van der Waals surface area contributed by atoms with E-state index in [1.807, 2.05) is 43.3 Å². The Labute approximate surface area is 200 Å². The molecule has 0 heterocycles. The van der Waals surface area contributed by atoms with Gasteiger partial charge in [0.25, 0.3) is 0 Å². The lowest BCUT2D eigenvalue weighted by Crippen LogP contribution is -2.43. The molecule has 1 aliphatic carbocycles. The lowest BCUT2D eigenvalue weighted by molar-refractivity contribution is -0.144. The highest BCUT2D eigenvalue weighted by Gasteiger charge is 2.29. The Morgan fingerprint density at radius 1 is 1.12 bits per heavy atom. The van der Waals surface area contributed by atoms with Gasteiger partial charge in [-0.1, -0.05) is 74.2 Å². The zero-order chi connectivity index (χ0) is 24.5. The zero-order valence-corrected chi connectivity index (χ0v) is 19.3.